The Balaban J connectivity index is 2.51. The molecular formula is C16H22N2O. The van der Waals surface area contributed by atoms with Crippen LogP contribution in [0.15, 0.2) is 24.3 Å². The second-order valence-electron chi connectivity index (χ2n) is 5.85. The van der Waals surface area contributed by atoms with Crippen LogP contribution in [0.3, 0.4) is 0 Å². The number of fused-ring (bicyclic) bond motifs is 1. The molecular weight excluding hydrogens is 236 g/mol. The number of ether oxygens (including phenoxy) is 1. The molecule has 0 fully saturated rings. The molecule has 102 valence electrons. The first kappa shape index (κ1) is 13.8. The Morgan fingerprint density at radius 1 is 1.21 bits per heavy atom. The molecule has 2 rings (SSSR count). The highest BCUT2D eigenvalue weighted by Crippen LogP contribution is 2.26. The summed E-state index contributed by atoms with van der Waals surface area (Å²) in [6.45, 7) is 8.80. The molecule has 2 aromatic rings. The van der Waals surface area contributed by atoms with Crippen LogP contribution >= 0.6 is 0 Å². The van der Waals surface area contributed by atoms with Gasteiger partial charge in [0.1, 0.15) is 11.4 Å². The Bertz CT molecular complexity index is 585. The van der Waals surface area contributed by atoms with Crippen LogP contribution in [-0.4, -0.2) is 17.1 Å². The minimum absolute atomic E-state index is 0.195. The van der Waals surface area contributed by atoms with Crippen LogP contribution in [0.25, 0.3) is 10.9 Å². The van der Waals surface area contributed by atoms with Crippen molar-refractivity contribution >= 4 is 10.9 Å². The van der Waals surface area contributed by atoms with Crippen LogP contribution in [0.4, 0.5) is 0 Å². The van der Waals surface area contributed by atoms with E-state index in [0.29, 0.717) is 6.54 Å². The van der Waals surface area contributed by atoms with Gasteiger partial charge < -0.3 is 10.5 Å². The first-order valence-corrected chi connectivity index (χ1v) is 6.68. The molecule has 0 unspecified atom stereocenters. The molecule has 0 aliphatic rings. The van der Waals surface area contributed by atoms with Gasteiger partial charge in [-0.15, -0.1) is 0 Å². The van der Waals surface area contributed by atoms with E-state index in [-0.39, 0.29) is 5.60 Å². The molecule has 1 heterocycles. The fourth-order valence-corrected chi connectivity index (χ4v) is 2.20. The van der Waals surface area contributed by atoms with Crippen molar-refractivity contribution in [2.45, 2.75) is 39.7 Å². The van der Waals surface area contributed by atoms with E-state index in [1.54, 1.807) is 0 Å². The van der Waals surface area contributed by atoms with E-state index in [1.807, 2.05) is 39.8 Å². The molecule has 0 saturated carbocycles. The van der Waals surface area contributed by atoms with Gasteiger partial charge in [-0.25, -0.2) is 0 Å². The average molecular weight is 258 g/mol. The quantitative estimate of drug-likeness (QED) is 0.919. The number of rotatable bonds is 3. The van der Waals surface area contributed by atoms with E-state index >= 15 is 0 Å². The maximum absolute atomic E-state index is 5.91. The normalized spacial score (nSPS) is 11.8. The van der Waals surface area contributed by atoms with Gasteiger partial charge in [0.2, 0.25) is 0 Å². The molecule has 3 heteroatoms. The maximum atomic E-state index is 5.91. The fraction of sp³-hybridized carbons (Fsp3) is 0.438. The topological polar surface area (TPSA) is 48.1 Å². The summed E-state index contributed by atoms with van der Waals surface area (Å²) in [6, 6.07) is 8.17. The van der Waals surface area contributed by atoms with Gasteiger partial charge >= 0.3 is 0 Å². The smallest absolute Gasteiger partial charge is 0.120 e. The standard InChI is InChI=1S/C16H22N2O/c1-11-9-12(7-8-17)14-10-13(19-16(2,3)4)5-6-15(14)18-11/h5-6,9-10H,7-8,17H2,1-4H3. The molecule has 0 radical (unpaired) electrons. The Hall–Kier alpha value is -1.61. The lowest BCUT2D eigenvalue weighted by atomic mass is 10.0. The summed E-state index contributed by atoms with van der Waals surface area (Å²) in [5.74, 6) is 0.879. The minimum atomic E-state index is -0.195. The van der Waals surface area contributed by atoms with Crippen LogP contribution in [0.5, 0.6) is 5.75 Å². The van der Waals surface area contributed by atoms with Gasteiger partial charge in [0.15, 0.2) is 0 Å². The Kier molecular flexibility index (Phi) is 3.76. The van der Waals surface area contributed by atoms with Crippen molar-refractivity contribution in [2.75, 3.05) is 6.54 Å². The largest absolute Gasteiger partial charge is 0.488 e. The molecule has 0 aliphatic carbocycles. The first-order chi connectivity index (χ1) is 8.89. The summed E-state index contributed by atoms with van der Waals surface area (Å²) in [5, 5.41) is 1.14. The molecule has 0 spiro atoms. The summed E-state index contributed by atoms with van der Waals surface area (Å²) < 4.78 is 5.91. The van der Waals surface area contributed by atoms with Crippen molar-refractivity contribution in [3.05, 3.63) is 35.5 Å². The highest BCUT2D eigenvalue weighted by atomic mass is 16.5. The van der Waals surface area contributed by atoms with Gasteiger partial charge in [0.25, 0.3) is 0 Å². The highest BCUT2D eigenvalue weighted by Gasteiger charge is 2.13. The third kappa shape index (κ3) is 3.44. The van der Waals surface area contributed by atoms with Gasteiger partial charge in [-0.2, -0.15) is 0 Å². The van der Waals surface area contributed by atoms with E-state index in [2.05, 4.69) is 17.1 Å². The predicted molar refractivity (Wildman–Crippen MR) is 79.6 cm³/mol. The molecule has 0 atom stereocenters. The molecule has 1 aromatic carbocycles. The lowest BCUT2D eigenvalue weighted by Gasteiger charge is -2.21. The number of nitrogens with two attached hydrogens (primary N) is 1. The third-order valence-electron chi connectivity index (χ3n) is 2.83. The Morgan fingerprint density at radius 3 is 2.58 bits per heavy atom. The Labute approximate surface area is 114 Å². The molecule has 1 aromatic heterocycles. The lowest BCUT2D eigenvalue weighted by molar-refractivity contribution is 0.131. The minimum Gasteiger partial charge on any atom is -0.488 e. The van der Waals surface area contributed by atoms with Crippen molar-refractivity contribution < 1.29 is 4.74 Å². The van der Waals surface area contributed by atoms with E-state index in [1.165, 1.54) is 5.56 Å². The van der Waals surface area contributed by atoms with Crippen molar-refractivity contribution in [2.24, 2.45) is 5.73 Å². The lowest BCUT2D eigenvalue weighted by Crippen LogP contribution is -2.22. The van der Waals surface area contributed by atoms with Gasteiger partial charge in [0.05, 0.1) is 5.52 Å². The summed E-state index contributed by atoms with van der Waals surface area (Å²) in [6.07, 6.45) is 0.860. The zero-order valence-corrected chi connectivity index (χ0v) is 12.2. The predicted octanol–water partition coefficient (Wildman–Crippen LogP) is 3.22. The van der Waals surface area contributed by atoms with Gasteiger partial charge in [0, 0.05) is 11.1 Å². The van der Waals surface area contributed by atoms with Crippen molar-refractivity contribution in [3.8, 4) is 5.75 Å². The van der Waals surface area contributed by atoms with Crippen LogP contribution in [0.1, 0.15) is 32.0 Å². The monoisotopic (exact) mass is 258 g/mol. The highest BCUT2D eigenvalue weighted by molar-refractivity contribution is 5.84. The van der Waals surface area contributed by atoms with E-state index < -0.39 is 0 Å². The Morgan fingerprint density at radius 2 is 1.95 bits per heavy atom. The van der Waals surface area contributed by atoms with Gasteiger partial charge in [-0.3, -0.25) is 4.98 Å². The van der Waals surface area contributed by atoms with Crippen molar-refractivity contribution in [1.82, 2.24) is 4.98 Å². The zero-order chi connectivity index (χ0) is 14.0. The fourth-order valence-electron chi connectivity index (χ4n) is 2.20. The van der Waals surface area contributed by atoms with E-state index in [4.69, 9.17) is 10.5 Å². The van der Waals surface area contributed by atoms with E-state index in [0.717, 1.165) is 28.8 Å². The number of pyridine rings is 1. The molecule has 19 heavy (non-hydrogen) atoms. The zero-order valence-electron chi connectivity index (χ0n) is 12.2. The number of aryl methyl sites for hydroxylation is 1. The summed E-state index contributed by atoms with van der Waals surface area (Å²) in [5.41, 5.74) is 8.77. The van der Waals surface area contributed by atoms with Crippen LogP contribution in [0, 0.1) is 6.92 Å². The SMILES string of the molecule is Cc1cc(CCN)c2cc(OC(C)(C)C)ccc2n1. The van der Waals surface area contributed by atoms with Crippen molar-refractivity contribution in [3.63, 3.8) is 0 Å². The molecule has 0 saturated heterocycles. The molecule has 2 N–H and O–H groups in total. The van der Waals surface area contributed by atoms with Crippen LogP contribution in [-0.2, 0) is 6.42 Å². The van der Waals surface area contributed by atoms with Gasteiger partial charge in [-0.1, -0.05) is 0 Å². The maximum Gasteiger partial charge on any atom is 0.120 e. The summed E-state index contributed by atoms with van der Waals surface area (Å²) in [4.78, 5) is 4.56. The molecule has 0 aliphatic heterocycles. The van der Waals surface area contributed by atoms with Crippen LogP contribution < -0.4 is 10.5 Å². The van der Waals surface area contributed by atoms with Crippen LogP contribution in [0.2, 0.25) is 0 Å². The molecule has 0 amide bonds. The number of nitrogens with zero attached hydrogens (tertiary/aromatic N) is 1. The molecule has 3 nitrogen and oxygen atoms in total. The molecule has 0 bridgehead atoms. The summed E-state index contributed by atoms with van der Waals surface area (Å²) in [7, 11) is 0. The van der Waals surface area contributed by atoms with E-state index in [9.17, 15) is 0 Å². The number of hydrogen-bond donors (Lipinski definition) is 1. The second-order valence-corrected chi connectivity index (χ2v) is 5.85. The number of hydrogen-bond acceptors (Lipinski definition) is 3. The third-order valence-corrected chi connectivity index (χ3v) is 2.83. The average Bonchev–Trinajstić information content (AvgIpc) is 2.28. The summed E-state index contributed by atoms with van der Waals surface area (Å²) >= 11 is 0. The first-order valence-electron chi connectivity index (χ1n) is 6.68. The number of aromatic nitrogens is 1. The second kappa shape index (κ2) is 5.17. The van der Waals surface area contributed by atoms with Gasteiger partial charge in [-0.05, 0) is 70.5 Å². The number of benzene rings is 1. The van der Waals surface area contributed by atoms with Crippen molar-refractivity contribution in [1.29, 1.82) is 0 Å².